The Morgan fingerprint density at radius 2 is 1.92 bits per heavy atom. The van der Waals surface area contributed by atoms with Crippen LogP contribution in [0.5, 0.6) is 0 Å². The monoisotopic (exact) mass is 363 g/mol. The molecule has 26 heavy (non-hydrogen) atoms. The summed E-state index contributed by atoms with van der Waals surface area (Å²) in [6.07, 6.45) is -0.0588. The van der Waals surface area contributed by atoms with Gasteiger partial charge in [-0.25, -0.2) is 9.18 Å². The summed E-state index contributed by atoms with van der Waals surface area (Å²) in [5, 5.41) is 13.8. The van der Waals surface area contributed by atoms with Crippen molar-refractivity contribution in [2.75, 3.05) is 7.11 Å². The second kappa shape index (κ2) is 10.1. The zero-order valence-electron chi connectivity index (χ0n) is 14.9. The van der Waals surface area contributed by atoms with Crippen molar-refractivity contribution in [1.82, 2.24) is 10.6 Å². The van der Waals surface area contributed by atoms with Crippen molar-refractivity contribution in [2.24, 2.45) is 5.92 Å². The van der Waals surface area contributed by atoms with Crippen molar-refractivity contribution >= 4 is 17.8 Å². The number of esters is 1. The van der Waals surface area contributed by atoms with Crippen LogP contribution >= 0.6 is 0 Å². The first-order valence-electron chi connectivity index (χ1n) is 8.05. The summed E-state index contributed by atoms with van der Waals surface area (Å²) >= 11 is 0. The summed E-state index contributed by atoms with van der Waals surface area (Å²) in [5.74, 6) is -2.83. The first-order chi connectivity index (χ1) is 12.3. The predicted octanol–water partition coefficient (Wildman–Crippen LogP) is 1.08. The van der Waals surface area contributed by atoms with Crippen LogP contribution in [0.15, 0.2) is 24.3 Å². The number of hydrogen-bond donors (Lipinski definition) is 2. The van der Waals surface area contributed by atoms with Gasteiger partial charge in [-0.15, -0.1) is 0 Å². The van der Waals surface area contributed by atoms with E-state index >= 15 is 0 Å². The van der Waals surface area contributed by atoms with Crippen LogP contribution in [0.25, 0.3) is 0 Å². The molecule has 0 aromatic heterocycles. The normalized spacial score (nSPS) is 13.7. The zero-order valence-corrected chi connectivity index (χ0v) is 14.9. The van der Waals surface area contributed by atoms with Crippen LogP contribution in [-0.2, 0) is 25.5 Å². The van der Waals surface area contributed by atoms with E-state index in [1.807, 2.05) is 6.07 Å². The van der Waals surface area contributed by atoms with Gasteiger partial charge in [-0.1, -0.05) is 25.1 Å². The molecule has 2 N–H and O–H groups in total. The summed E-state index contributed by atoms with van der Waals surface area (Å²) in [6.45, 7) is 2.85. The Balaban J connectivity index is 2.99. The van der Waals surface area contributed by atoms with Crippen molar-refractivity contribution in [3.05, 3.63) is 35.6 Å². The van der Waals surface area contributed by atoms with E-state index < -0.39 is 41.6 Å². The highest BCUT2D eigenvalue weighted by Gasteiger charge is 2.31. The molecule has 1 rings (SSSR count). The Morgan fingerprint density at radius 3 is 2.46 bits per heavy atom. The Labute approximate surface area is 151 Å². The molecule has 140 valence electrons. The van der Waals surface area contributed by atoms with Gasteiger partial charge in [0.05, 0.1) is 13.2 Å². The van der Waals surface area contributed by atoms with Crippen molar-refractivity contribution in [3.8, 4) is 6.07 Å². The number of halogens is 1. The lowest BCUT2D eigenvalue weighted by atomic mass is 9.97. The second-order valence-electron chi connectivity index (χ2n) is 5.90. The number of ether oxygens (including phenoxy) is 1. The molecule has 0 saturated heterocycles. The maximum Gasteiger partial charge on any atom is 0.328 e. The smallest absolute Gasteiger partial charge is 0.328 e. The largest absolute Gasteiger partial charge is 0.467 e. The predicted molar refractivity (Wildman–Crippen MR) is 91.0 cm³/mol. The number of methoxy groups -OCH3 is 1. The van der Waals surface area contributed by atoms with Crippen LogP contribution in [0.1, 0.15) is 25.8 Å². The summed E-state index contributed by atoms with van der Waals surface area (Å²) in [6, 6.07) is 5.70. The van der Waals surface area contributed by atoms with Crippen LogP contribution in [0.4, 0.5) is 4.39 Å². The average Bonchev–Trinajstić information content (AvgIpc) is 2.59. The SMILES string of the molecule is COC(=O)[C@@H](NC(=O)[C@@H](Cc1ccccc1F)NC(C)=O)[C@@H](C)CC#N. The molecule has 0 aliphatic heterocycles. The lowest BCUT2D eigenvalue weighted by molar-refractivity contribution is -0.146. The summed E-state index contributed by atoms with van der Waals surface area (Å²) in [5.41, 5.74) is 0.251. The quantitative estimate of drug-likeness (QED) is 0.672. The minimum absolute atomic E-state index is 0.0260. The third kappa shape index (κ3) is 6.16. The van der Waals surface area contributed by atoms with Gasteiger partial charge in [0.1, 0.15) is 17.9 Å². The number of benzene rings is 1. The number of nitriles is 1. The molecule has 0 bridgehead atoms. The first-order valence-corrected chi connectivity index (χ1v) is 8.05. The van der Waals surface area contributed by atoms with Crippen LogP contribution in [-0.4, -0.2) is 37.0 Å². The molecule has 0 radical (unpaired) electrons. The third-order valence-electron chi connectivity index (χ3n) is 3.81. The Morgan fingerprint density at radius 1 is 1.27 bits per heavy atom. The molecule has 0 spiro atoms. The number of carbonyl (C=O) groups excluding carboxylic acids is 3. The highest BCUT2D eigenvalue weighted by molar-refractivity contribution is 5.90. The fourth-order valence-electron chi connectivity index (χ4n) is 2.41. The molecule has 0 aliphatic carbocycles. The van der Waals surface area contributed by atoms with Gasteiger partial charge >= 0.3 is 5.97 Å². The molecule has 0 aliphatic rings. The lowest BCUT2D eigenvalue weighted by Gasteiger charge is -2.24. The van der Waals surface area contributed by atoms with E-state index in [4.69, 9.17) is 5.26 Å². The Hall–Kier alpha value is -2.95. The van der Waals surface area contributed by atoms with Crippen LogP contribution in [0.3, 0.4) is 0 Å². The van der Waals surface area contributed by atoms with Gasteiger partial charge in [0.25, 0.3) is 0 Å². The van der Waals surface area contributed by atoms with Crippen LogP contribution in [0, 0.1) is 23.1 Å². The van der Waals surface area contributed by atoms with Gasteiger partial charge in [-0.3, -0.25) is 9.59 Å². The molecule has 1 aromatic carbocycles. The molecule has 3 atom stereocenters. The maximum atomic E-state index is 13.9. The number of nitrogens with zero attached hydrogens (tertiary/aromatic N) is 1. The van der Waals surface area contributed by atoms with Gasteiger partial charge in [0.2, 0.25) is 11.8 Å². The van der Waals surface area contributed by atoms with E-state index in [1.54, 1.807) is 13.0 Å². The second-order valence-corrected chi connectivity index (χ2v) is 5.90. The van der Waals surface area contributed by atoms with Crippen molar-refractivity contribution in [3.63, 3.8) is 0 Å². The third-order valence-corrected chi connectivity index (χ3v) is 3.81. The number of rotatable bonds is 8. The number of nitrogens with one attached hydrogen (secondary N) is 2. The molecule has 0 unspecified atom stereocenters. The molecule has 0 heterocycles. The Bertz CT molecular complexity index is 702. The maximum absolute atomic E-state index is 13.9. The molecular formula is C18H22FN3O4. The molecule has 1 aromatic rings. The minimum Gasteiger partial charge on any atom is -0.467 e. The summed E-state index contributed by atoms with van der Waals surface area (Å²) in [7, 11) is 1.17. The molecule has 0 fully saturated rings. The van der Waals surface area contributed by atoms with E-state index in [2.05, 4.69) is 15.4 Å². The molecule has 2 amide bonds. The summed E-state index contributed by atoms with van der Waals surface area (Å²) in [4.78, 5) is 35.9. The van der Waals surface area contributed by atoms with Crippen molar-refractivity contribution in [1.29, 1.82) is 5.26 Å². The van der Waals surface area contributed by atoms with Gasteiger partial charge in [0.15, 0.2) is 0 Å². The van der Waals surface area contributed by atoms with E-state index in [0.29, 0.717) is 0 Å². The fraction of sp³-hybridized carbons (Fsp3) is 0.444. The van der Waals surface area contributed by atoms with E-state index in [-0.39, 0.29) is 18.4 Å². The van der Waals surface area contributed by atoms with Gasteiger partial charge in [-0.05, 0) is 11.6 Å². The molecule has 8 heteroatoms. The average molecular weight is 363 g/mol. The van der Waals surface area contributed by atoms with E-state index in [0.717, 1.165) is 0 Å². The number of hydrogen-bond acceptors (Lipinski definition) is 5. The number of carbonyl (C=O) groups is 3. The molecular weight excluding hydrogens is 341 g/mol. The highest BCUT2D eigenvalue weighted by atomic mass is 19.1. The van der Waals surface area contributed by atoms with Gasteiger partial charge in [0, 0.05) is 25.7 Å². The fourth-order valence-corrected chi connectivity index (χ4v) is 2.41. The van der Waals surface area contributed by atoms with E-state index in [1.165, 1.54) is 32.2 Å². The van der Waals surface area contributed by atoms with Crippen LogP contribution in [0.2, 0.25) is 0 Å². The first kappa shape index (κ1) is 21.1. The van der Waals surface area contributed by atoms with Crippen LogP contribution < -0.4 is 10.6 Å². The minimum atomic E-state index is -1.08. The standard InChI is InChI=1S/C18H22FN3O4/c1-11(8-9-20)16(18(25)26-3)22-17(24)15(21-12(2)23)10-13-6-4-5-7-14(13)19/h4-7,11,15-16H,8,10H2,1-3H3,(H,21,23)(H,22,24)/t11-,15+,16-/m0/s1. The number of amides is 2. The summed E-state index contributed by atoms with van der Waals surface area (Å²) < 4.78 is 18.5. The molecule has 7 nitrogen and oxygen atoms in total. The molecule has 0 saturated carbocycles. The van der Waals surface area contributed by atoms with Gasteiger partial charge in [-0.2, -0.15) is 5.26 Å². The van der Waals surface area contributed by atoms with Crippen molar-refractivity contribution < 1.29 is 23.5 Å². The van der Waals surface area contributed by atoms with Crippen molar-refractivity contribution in [2.45, 2.75) is 38.8 Å². The lowest BCUT2D eigenvalue weighted by Crippen LogP contribution is -2.54. The van der Waals surface area contributed by atoms with Gasteiger partial charge < -0.3 is 15.4 Å². The van der Waals surface area contributed by atoms with E-state index in [9.17, 15) is 18.8 Å². The zero-order chi connectivity index (χ0) is 19.7. The Kier molecular flexibility index (Phi) is 8.22. The highest BCUT2D eigenvalue weighted by Crippen LogP contribution is 2.12. The topological polar surface area (TPSA) is 108 Å².